The second-order valence-corrected chi connectivity index (χ2v) is 4.74. The SMILES string of the molecule is O=C(CNc1ccn2nccc2n1)N1CCCCC1. The quantitative estimate of drug-likeness (QED) is 0.898. The number of hydrogen-bond acceptors (Lipinski definition) is 4. The summed E-state index contributed by atoms with van der Waals surface area (Å²) >= 11 is 0. The molecule has 100 valence electrons. The molecule has 1 aliphatic rings. The average molecular weight is 259 g/mol. The van der Waals surface area contributed by atoms with Crippen LogP contribution in [0.3, 0.4) is 0 Å². The van der Waals surface area contributed by atoms with Gasteiger partial charge in [-0.2, -0.15) is 5.10 Å². The maximum Gasteiger partial charge on any atom is 0.241 e. The van der Waals surface area contributed by atoms with Gasteiger partial charge in [-0.3, -0.25) is 4.79 Å². The van der Waals surface area contributed by atoms with Crippen LogP contribution in [-0.2, 0) is 4.79 Å². The second kappa shape index (κ2) is 5.26. The third-order valence-electron chi connectivity index (χ3n) is 3.39. The summed E-state index contributed by atoms with van der Waals surface area (Å²) in [6.45, 7) is 2.07. The fourth-order valence-corrected chi connectivity index (χ4v) is 2.33. The van der Waals surface area contributed by atoms with Crippen LogP contribution in [0.5, 0.6) is 0 Å². The Morgan fingerprint density at radius 1 is 1.26 bits per heavy atom. The number of hydrogen-bond donors (Lipinski definition) is 1. The van der Waals surface area contributed by atoms with Crippen molar-refractivity contribution in [3.05, 3.63) is 24.5 Å². The molecule has 3 rings (SSSR count). The topological polar surface area (TPSA) is 62.5 Å². The first kappa shape index (κ1) is 12.0. The van der Waals surface area contributed by atoms with Gasteiger partial charge >= 0.3 is 0 Å². The van der Waals surface area contributed by atoms with Crippen LogP contribution < -0.4 is 5.32 Å². The monoisotopic (exact) mass is 259 g/mol. The molecule has 19 heavy (non-hydrogen) atoms. The summed E-state index contributed by atoms with van der Waals surface area (Å²) in [5.74, 6) is 0.855. The van der Waals surface area contributed by atoms with Gasteiger partial charge in [0.25, 0.3) is 0 Å². The summed E-state index contributed by atoms with van der Waals surface area (Å²) in [4.78, 5) is 18.3. The van der Waals surface area contributed by atoms with Crippen LogP contribution in [0.2, 0.25) is 0 Å². The molecule has 1 fully saturated rings. The van der Waals surface area contributed by atoms with E-state index in [4.69, 9.17) is 0 Å². The summed E-state index contributed by atoms with van der Waals surface area (Å²) in [6, 6.07) is 3.65. The van der Waals surface area contributed by atoms with Crippen LogP contribution >= 0.6 is 0 Å². The molecule has 1 saturated heterocycles. The van der Waals surface area contributed by atoms with Gasteiger partial charge in [0.15, 0.2) is 5.65 Å². The molecule has 0 atom stereocenters. The molecule has 0 spiro atoms. The predicted molar refractivity (Wildman–Crippen MR) is 71.9 cm³/mol. The Kier molecular flexibility index (Phi) is 3.31. The molecule has 0 aliphatic carbocycles. The van der Waals surface area contributed by atoms with Crippen LogP contribution in [0, 0.1) is 0 Å². The molecule has 3 heterocycles. The molecular weight excluding hydrogens is 242 g/mol. The number of carbonyl (C=O) groups is 1. The van der Waals surface area contributed by atoms with Crippen molar-refractivity contribution in [3.63, 3.8) is 0 Å². The summed E-state index contributed by atoms with van der Waals surface area (Å²) in [5, 5.41) is 7.16. The zero-order valence-corrected chi connectivity index (χ0v) is 10.7. The Balaban J connectivity index is 1.60. The second-order valence-electron chi connectivity index (χ2n) is 4.74. The maximum absolute atomic E-state index is 12.0. The summed E-state index contributed by atoms with van der Waals surface area (Å²) in [7, 11) is 0. The highest BCUT2D eigenvalue weighted by Crippen LogP contribution is 2.09. The van der Waals surface area contributed by atoms with E-state index in [2.05, 4.69) is 15.4 Å². The van der Waals surface area contributed by atoms with Gasteiger partial charge in [-0.15, -0.1) is 0 Å². The molecule has 0 aromatic carbocycles. The molecule has 2 aromatic rings. The number of nitrogens with zero attached hydrogens (tertiary/aromatic N) is 4. The van der Waals surface area contributed by atoms with Crippen LogP contribution in [0.25, 0.3) is 5.65 Å². The number of aromatic nitrogens is 3. The van der Waals surface area contributed by atoms with Gasteiger partial charge in [-0.25, -0.2) is 9.50 Å². The standard InChI is InChI=1S/C13H17N5O/c19-13(17-7-2-1-3-8-17)10-14-11-5-9-18-12(16-11)4-6-15-18/h4-6,9H,1-3,7-8,10H2,(H,14,16). The number of carbonyl (C=O) groups excluding carboxylic acids is 1. The van der Waals surface area contributed by atoms with Crippen molar-refractivity contribution in [2.75, 3.05) is 25.0 Å². The number of rotatable bonds is 3. The number of amides is 1. The van der Waals surface area contributed by atoms with Crippen LogP contribution in [0.4, 0.5) is 5.82 Å². The summed E-state index contributed by atoms with van der Waals surface area (Å²) < 4.78 is 1.69. The van der Waals surface area contributed by atoms with Gasteiger partial charge in [0.1, 0.15) is 5.82 Å². The van der Waals surface area contributed by atoms with E-state index < -0.39 is 0 Å². The van der Waals surface area contributed by atoms with E-state index >= 15 is 0 Å². The van der Waals surface area contributed by atoms with Crippen molar-refractivity contribution in [1.29, 1.82) is 0 Å². The Hall–Kier alpha value is -2.11. The van der Waals surface area contributed by atoms with Gasteiger partial charge < -0.3 is 10.2 Å². The highest BCUT2D eigenvalue weighted by molar-refractivity contribution is 5.80. The first-order valence-electron chi connectivity index (χ1n) is 6.65. The molecule has 1 N–H and O–H groups in total. The van der Waals surface area contributed by atoms with E-state index in [9.17, 15) is 4.79 Å². The third kappa shape index (κ3) is 2.67. The predicted octanol–water partition coefficient (Wildman–Crippen LogP) is 1.15. The van der Waals surface area contributed by atoms with E-state index in [-0.39, 0.29) is 5.91 Å². The molecule has 0 bridgehead atoms. The zero-order valence-electron chi connectivity index (χ0n) is 10.7. The number of likely N-dealkylation sites (tertiary alicyclic amines) is 1. The minimum atomic E-state index is 0.148. The molecule has 0 unspecified atom stereocenters. The van der Waals surface area contributed by atoms with Crippen LogP contribution in [0.1, 0.15) is 19.3 Å². The van der Waals surface area contributed by atoms with Gasteiger partial charge in [0.2, 0.25) is 5.91 Å². The number of fused-ring (bicyclic) bond motifs is 1. The summed E-state index contributed by atoms with van der Waals surface area (Å²) in [5.41, 5.74) is 0.774. The zero-order chi connectivity index (χ0) is 13.1. The smallest absolute Gasteiger partial charge is 0.241 e. The highest BCUT2D eigenvalue weighted by Gasteiger charge is 2.15. The van der Waals surface area contributed by atoms with Crippen molar-refractivity contribution in [3.8, 4) is 0 Å². The Morgan fingerprint density at radius 2 is 2.11 bits per heavy atom. The number of nitrogens with one attached hydrogen (secondary N) is 1. The van der Waals surface area contributed by atoms with Crippen LogP contribution in [0.15, 0.2) is 24.5 Å². The first-order valence-corrected chi connectivity index (χ1v) is 6.65. The molecule has 6 heteroatoms. The van der Waals surface area contributed by atoms with Gasteiger partial charge in [-0.1, -0.05) is 0 Å². The van der Waals surface area contributed by atoms with Crippen molar-refractivity contribution >= 4 is 17.4 Å². The lowest BCUT2D eigenvalue weighted by atomic mass is 10.1. The molecule has 0 radical (unpaired) electrons. The lowest BCUT2D eigenvalue weighted by Gasteiger charge is -2.26. The molecule has 0 saturated carbocycles. The van der Waals surface area contributed by atoms with Gasteiger partial charge in [0, 0.05) is 25.4 Å². The van der Waals surface area contributed by atoms with Crippen molar-refractivity contribution < 1.29 is 4.79 Å². The largest absolute Gasteiger partial charge is 0.361 e. The van der Waals surface area contributed by atoms with E-state index in [0.29, 0.717) is 12.4 Å². The third-order valence-corrected chi connectivity index (χ3v) is 3.39. The Labute approximate surface area is 111 Å². The minimum absolute atomic E-state index is 0.148. The fourth-order valence-electron chi connectivity index (χ4n) is 2.33. The molecule has 6 nitrogen and oxygen atoms in total. The number of piperidine rings is 1. The van der Waals surface area contributed by atoms with E-state index in [0.717, 1.165) is 31.6 Å². The Morgan fingerprint density at radius 3 is 2.95 bits per heavy atom. The van der Waals surface area contributed by atoms with E-state index in [1.165, 1.54) is 6.42 Å². The lowest BCUT2D eigenvalue weighted by Crippen LogP contribution is -2.39. The number of anilines is 1. The van der Waals surface area contributed by atoms with Gasteiger partial charge in [-0.05, 0) is 25.3 Å². The summed E-state index contributed by atoms with van der Waals surface area (Å²) in [6.07, 6.45) is 7.00. The average Bonchev–Trinajstić information content (AvgIpc) is 2.93. The molecule has 2 aromatic heterocycles. The Bertz CT molecular complexity index is 573. The van der Waals surface area contributed by atoms with Crippen molar-refractivity contribution in [1.82, 2.24) is 19.5 Å². The van der Waals surface area contributed by atoms with E-state index in [1.807, 2.05) is 23.2 Å². The highest BCUT2D eigenvalue weighted by atomic mass is 16.2. The molecule has 1 aliphatic heterocycles. The molecule has 1 amide bonds. The molecular formula is C13H17N5O. The van der Waals surface area contributed by atoms with Crippen molar-refractivity contribution in [2.24, 2.45) is 0 Å². The minimum Gasteiger partial charge on any atom is -0.361 e. The maximum atomic E-state index is 12.0. The first-order chi connectivity index (χ1) is 9.33. The fraction of sp³-hybridized carbons (Fsp3) is 0.462. The van der Waals surface area contributed by atoms with Crippen LogP contribution in [-0.4, -0.2) is 45.0 Å². The normalized spacial score (nSPS) is 15.7. The van der Waals surface area contributed by atoms with Gasteiger partial charge in [0.05, 0.1) is 12.7 Å². The van der Waals surface area contributed by atoms with E-state index in [1.54, 1.807) is 10.7 Å². The lowest BCUT2D eigenvalue weighted by molar-refractivity contribution is -0.130. The van der Waals surface area contributed by atoms with Crippen molar-refractivity contribution in [2.45, 2.75) is 19.3 Å².